The summed E-state index contributed by atoms with van der Waals surface area (Å²) in [5.41, 5.74) is 3.79. The van der Waals surface area contributed by atoms with Gasteiger partial charge in [0.15, 0.2) is 5.76 Å². The summed E-state index contributed by atoms with van der Waals surface area (Å²) < 4.78 is 10.8. The third kappa shape index (κ3) is 4.72. The normalized spacial score (nSPS) is 10.5. The Kier molecular flexibility index (Phi) is 5.69. The summed E-state index contributed by atoms with van der Waals surface area (Å²) in [7, 11) is 0. The number of aromatic nitrogens is 1. The fourth-order valence-corrected chi connectivity index (χ4v) is 2.56. The van der Waals surface area contributed by atoms with Gasteiger partial charge in [-0.25, -0.2) is 0 Å². The van der Waals surface area contributed by atoms with Gasteiger partial charge in [-0.15, -0.1) is 0 Å². The van der Waals surface area contributed by atoms with Gasteiger partial charge in [-0.1, -0.05) is 47.1 Å². The van der Waals surface area contributed by atoms with Crippen LogP contribution in [-0.2, 0) is 17.8 Å². The Labute approximate surface area is 153 Å². The number of carbonyl (C=O) groups is 1. The van der Waals surface area contributed by atoms with Gasteiger partial charge < -0.3 is 14.6 Å². The van der Waals surface area contributed by atoms with Crippen LogP contribution in [0.15, 0.2) is 59.1 Å². The predicted molar refractivity (Wildman–Crippen MR) is 99.8 cm³/mol. The number of rotatable bonds is 7. The number of aryl methyl sites for hydroxylation is 1. The Hall–Kier alpha value is -3.08. The van der Waals surface area contributed by atoms with E-state index in [0.29, 0.717) is 31.0 Å². The van der Waals surface area contributed by atoms with E-state index in [9.17, 15) is 4.79 Å². The lowest BCUT2D eigenvalue weighted by molar-refractivity contribution is -0.120. The van der Waals surface area contributed by atoms with Gasteiger partial charge in [0, 0.05) is 11.6 Å². The number of benzene rings is 2. The van der Waals surface area contributed by atoms with Crippen LogP contribution in [0.25, 0.3) is 11.3 Å². The lowest BCUT2D eigenvalue weighted by atomic mass is 10.1. The molecule has 0 aliphatic rings. The van der Waals surface area contributed by atoms with Gasteiger partial charge in [-0.2, -0.15) is 0 Å². The number of ether oxygens (including phenoxy) is 1. The standard InChI is InChI=1S/C21H22N2O3/c1-3-25-19-10-6-16(7-11-19)12-21(24)22-14-18-13-20(26-23-18)17-8-4-15(2)5-9-17/h4-11,13H,3,12,14H2,1-2H3,(H,22,24). The van der Waals surface area contributed by atoms with E-state index in [-0.39, 0.29) is 5.91 Å². The summed E-state index contributed by atoms with van der Waals surface area (Å²) in [6.45, 7) is 4.94. The van der Waals surface area contributed by atoms with Crippen LogP contribution in [0.5, 0.6) is 5.75 Å². The number of hydrogen-bond acceptors (Lipinski definition) is 4. The summed E-state index contributed by atoms with van der Waals surface area (Å²) >= 11 is 0. The van der Waals surface area contributed by atoms with Crippen molar-refractivity contribution in [1.29, 1.82) is 0 Å². The molecule has 0 saturated heterocycles. The molecule has 5 heteroatoms. The summed E-state index contributed by atoms with van der Waals surface area (Å²) in [4.78, 5) is 12.1. The van der Waals surface area contributed by atoms with Crippen LogP contribution in [0.4, 0.5) is 0 Å². The lowest BCUT2D eigenvalue weighted by Crippen LogP contribution is -2.24. The molecule has 3 aromatic rings. The smallest absolute Gasteiger partial charge is 0.224 e. The summed E-state index contributed by atoms with van der Waals surface area (Å²) in [6.07, 6.45) is 0.315. The van der Waals surface area contributed by atoms with Crippen molar-refractivity contribution < 1.29 is 14.1 Å². The quantitative estimate of drug-likeness (QED) is 0.702. The molecule has 0 aliphatic heterocycles. The van der Waals surface area contributed by atoms with Gasteiger partial charge in [0.25, 0.3) is 0 Å². The van der Waals surface area contributed by atoms with Crippen LogP contribution >= 0.6 is 0 Å². The van der Waals surface area contributed by atoms with Crippen molar-refractivity contribution >= 4 is 5.91 Å². The Balaban J connectivity index is 1.52. The number of carbonyl (C=O) groups excluding carboxylic acids is 1. The molecule has 26 heavy (non-hydrogen) atoms. The van der Waals surface area contributed by atoms with Gasteiger partial charge in [0.05, 0.1) is 19.6 Å². The monoisotopic (exact) mass is 350 g/mol. The first kappa shape index (κ1) is 17.7. The van der Waals surface area contributed by atoms with Crippen LogP contribution in [0.3, 0.4) is 0 Å². The van der Waals surface area contributed by atoms with E-state index in [0.717, 1.165) is 16.9 Å². The van der Waals surface area contributed by atoms with E-state index in [1.54, 1.807) is 0 Å². The molecule has 0 unspecified atom stereocenters. The number of hydrogen-bond donors (Lipinski definition) is 1. The molecule has 1 amide bonds. The maximum atomic E-state index is 12.1. The third-order valence-corrected chi connectivity index (χ3v) is 3.96. The molecule has 0 fully saturated rings. The molecule has 1 heterocycles. The highest BCUT2D eigenvalue weighted by molar-refractivity contribution is 5.78. The maximum absolute atomic E-state index is 12.1. The maximum Gasteiger partial charge on any atom is 0.224 e. The van der Waals surface area contributed by atoms with E-state index in [1.807, 2.05) is 68.4 Å². The van der Waals surface area contributed by atoms with Gasteiger partial charge in [0.2, 0.25) is 5.91 Å². The van der Waals surface area contributed by atoms with Crippen molar-refractivity contribution in [2.45, 2.75) is 26.8 Å². The van der Waals surface area contributed by atoms with E-state index in [2.05, 4.69) is 10.5 Å². The van der Waals surface area contributed by atoms with E-state index in [4.69, 9.17) is 9.26 Å². The molecule has 2 aromatic carbocycles. The fraction of sp³-hybridized carbons (Fsp3) is 0.238. The Bertz CT molecular complexity index is 852. The van der Waals surface area contributed by atoms with Crippen molar-refractivity contribution in [2.75, 3.05) is 6.61 Å². The number of nitrogens with zero attached hydrogens (tertiary/aromatic N) is 1. The number of nitrogens with one attached hydrogen (secondary N) is 1. The second-order valence-corrected chi connectivity index (χ2v) is 6.08. The minimum absolute atomic E-state index is 0.0611. The molecular formula is C21H22N2O3. The minimum atomic E-state index is -0.0611. The molecule has 1 aromatic heterocycles. The highest BCUT2D eigenvalue weighted by atomic mass is 16.5. The largest absolute Gasteiger partial charge is 0.494 e. The molecular weight excluding hydrogens is 328 g/mol. The molecule has 0 saturated carbocycles. The lowest BCUT2D eigenvalue weighted by Gasteiger charge is -2.05. The van der Waals surface area contributed by atoms with E-state index in [1.165, 1.54) is 5.56 Å². The predicted octanol–water partition coefficient (Wildman–Crippen LogP) is 3.91. The molecule has 0 aliphatic carbocycles. The molecule has 134 valence electrons. The first-order chi connectivity index (χ1) is 12.6. The zero-order valence-electron chi connectivity index (χ0n) is 15.0. The molecule has 3 rings (SSSR count). The van der Waals surface area contributed by atoms with Crippen LogP contribution in [-0.4, -0.2) is 17.7 Å². The van der Waals surface area contributed by atoms with Crippen molar-refractivity contribution in [1.82, 2.24) is 10.5 Å². The Morgan fingerprint density at radius 3 is 2.54 bits per heavy atom. The molecule has 0 atom stereocenters. The zero-order chi connectivity index (χ0) is 18.4. The Morgan fingerprint density at radius 1 is 1.12 bits per heavy atom. The topological polar surface area (TPSA) is 64.4 Å². The molecule has 0 bridgehead atoms. The second-order valence-electron chi connectivity index (χ2n) is 6.08. The zero-order valence-corrected chi connectivity index (χ0v) is 15.0. The van der Waals surface area contributed by atoms with Crippen LogP contribution < -0.4 is 10.1 Å². The molecule has 5 nitrogen and oxygen atoms in total. The number of amides is 1. The van der Waals surface area contributed by atoms with Crippen LogP contribution in [0, 0.1) is 6.92 Å². The van der Waals surface area contributed by atoms with Gasteiger partial charge in [0.1, 0.15) is 11.4 Å². The second kappa shape index (κ2) is 8.34. The highest BCUT2D eigenvalue weighted by Crippen LogP contribution is 2.20. The summed E-state index contributed by atoms with van der Waals surface area (Å²) in [5, 5.41) is 6.89. The van der Waals surface area contributed by atoms with E-state index >= 15 is 0 Å². The first-order valence-electron chi connectivity index (χ1n) is 8.65. The van der Waals surface area contributed by atoms with Crippen molar-refractivity contribution in [3.8, 4) is 17.1 Å². The molecule has 0 spiro atoms. The SMILES string of the molecule is CCOc1ccc(CC(=O)NCc2cc(-c3ccc(C)cc3)on2)cc1. The minimum Gasteiger partial charge on any atom is -0.494 e. The van der Waals surface area contributed by atoms with Gasteiger partial charge in [-0.3, -0.25) is 4.79 Å². The average Bonchev–Trinajstić information content (AvgIpc) is 3.11. The van der Waals surface area contributed by atoms with Crippen molar-refractivity contribution in [3.05, 3.63) is 71.4 Å². The Morgan fingerprint density at radius 2 is 1.85 bits per heavy atom. The average molecular weight is 350 g/mol. The van der Waals surface area contributed by atoms with Crippen molar-refractivity contribution in [3.63, 3.8) is 0 Å². The van der Waals surface area contributed by atoms with Crippen LogP contribution in [0.1, 0.15) is 23.7 Å². The summed E-state index contributed by atoms with van der Waals surface area (Å²) in [6, 6.07) is 17.4. The summed E-state index contributed by atoms with van der Waals surface area (Å²) in [5.74, 6) is 1.44. The van der Waals surface area contributed by atoms with Gasteiger partial charge >= 0.3 is 0 Å². The van der Waals surface area contributed by atoms with Crippen LogP contribution in [0.2, 0.25) is 0 Å². The first-order valence-corrected chi connectivity index (χ1v) is 8.65. The fourth-order valence-electron chi connectivity index (χ4n) is 2.56. The molecule has 0 radical (unpaired) electrons. The van der Waals surface area contributed by atoms with Crippen molar-refractivity contribution in [2.24, 2.45) is 0 Å². The highest BCUT2D eigenvalue weighted by Gasteiger charge is 2.09. The molecule has 1 N–H and O–H groups in total. The third-order valence-electron chi connectivity index (χ3n) is 3.96. The van der Waals surface area contributed by atoms with Gasteiger partial charge in [-0.05, 0) is 31.5 Å². The van der Waals surface area contributed by atoms with E-state index < -0.39 is 0 Å².